The fourth-order valence-corrected chi connectivity index (χ4v) is 7.34. The van der Waals surface area contributed by atoms with E-state index in [1.54, 1.807) is 20.1 Å². The second kappa shape index (κ2) is 13.7. The van der Waals surface area contributed by atoms with Gasteiger partial charge in [-0.1, -0.05) is 30.3 Å². The quantitative estimate of drug-likeness (QED) is 0.152. The van der Waals surface area contributed by atoms with E-state index in [-0.39, 0.29) is 18.9 Å². The number of thiophene rings is 1. The number of pyridine rings is 1. The largest absolute Gasteiger partial charge is 0.497 e. The van der Waals surface area contributed by atoms with Gasteiger partial charge in [-0.2, -0.15) is 5.26 Å². The second-order valence-electron chi connectivity index (χ2n) is 9.81. The molecule has 4 aromatic rings. The highest BCUT2D eigenvalue weighted by atomic mass is 32.2. The van der Waals surface area contributed by atoms with Crippen molar-refractivity contribution in [3.63, 3.8) is 0 Å². The van der Waals surface area contributed by atoms with E-state index in [2.05, 4.69) is 35.7 Å². The van der Waals surface area contributed by atoms with Gasteiger partial charge in [0, 0.05) is 22.6 Å². The molecule has 0 saturated heterocycles. The lowest BCUT2D eigenvalue weighted by molar-refractivity contribution is -0.115. The van der Waals surface area contributed by atoms with Gasteiger partial charge in [0.05, 0.1) is 30.5 Å². The summed E-state index contributed by atoms with van der Waals surface area (Å²) in [7, 11) is 1.62. The molecule has 2 aromatic heterocycles. The van der Waals surface area contributed by atoms with E-state index in [0.717, 1.165) is 46.7 Å². The van der Waals surface area contributed by atoms with Crippen LogP contribution in [-0.2, 0) is 22.4 Å². The molecule has 1 aliphatic carbocycles. The summed E-state index contributed by atoms with van der Waals surface area (Å²) in [6.07, 6.45) is 2.73. The predicted molar refractivity (Wildman–Crippen MR) is 166 cm³/mol. The number of fused-ring (bicyclic) bond motifs is 1. The first-order chi connectivity index (χ1) is 20.5. The first kappa shape index (κ1) is 29.4. The third kappa shape index (κ3) is 6.67. The Morgan fingerprint density at radius 2 is 1.90 bits per heavy atom. The molecule has 214 valence electrons. The molecule has 0 aliphatic heterocycles. The van der Waals surface area contributed by atoms with Crippen LogP contribution in [-0.4, -0.2) is 36.3 Å². The molecule has 2 heterocycles. The fourth-order valence-electron chi connectivity index (χ4n) is 5.09. The Kier molecular flexibility index (Phi) is 9.57. The van der Waals surface area contributed by atoms with E-state index in [9.17, 15) is 14.9 Å². The summed E-state index contributed by atoms with van der Waals surface area (Å²) in [5, 5.41) is 13.7. The molecule has 5 rings (SSSR count). The van der Waals surface area contributed by atoms with Crippen LogP contribution in [0.5, 0.6) is 5.75 Å². The molecular weight excluding hydrogens is 567 g/mol. The molecule has 1 unspecified atom stereocenters. The minimum atomic E-state index is -0.393. The van der Waals surface area contributed by atoms with E-state index in [4.69, 9.17) is 14.5 Å². The number of nitrogens with one attached hydrogen (secondary N) is 1. The first-order valence-electron chi connectivity index (χ1n) is 13.9. The van der Waals surface area contributed by atoms with Crippen LogP contribution in [0.3, 0.4) is 0 Å². The number of esters is 1. The summed E-state index contributed by atoms with van der Waals surface area (Å²) in [5.41, 5.74) is 4.88. The highest BCUT2D eigenvalue weighted by Gasteiger charge is 2.30. The summed E-state index contributed by atoms with van der Waals surface area (Å²) in [6.45, 7) is 2.05. The van der Waals surface area contributed by atoms with Gasteiger partial charge in [0.1, 0.15) is 21.8 Å². The number of benzene rings is 2. The van der Waals surface area contributed by atoms with Crippen molar-refractivity contribution in [1.82, 2.24) is 4.98 Å². The van der Waals surface area contributed by atoms with E-state index in [1.807, 2.05) is 36.4 Å². The number of ether oxygens (including phenoxy) is 2. The smallest absolute Gasteiger partial charge is 0.341 e. The summed E-state index contributed by atoms with van der Waals surface area (Å²) < 4.78 is 10.6. The zero-order valence-corrected chi connectivity index (χ0v) is 25.1. The number of hydrogen-bond acceptors (Lipinski definition) is 8. The van der Waals surface area contributed by atoms with Crippen LogP contribution in [0.15, 0.2) is 71.8 Å². The van der Waals surface area contributed by atoms with Crippen molar-refractivity contribution in [3.8, 4) is 23.1 Å². The Morgan fingerprint density at radius 1 is 1.12 bits per heavy atom. The van der Waals surface area contributed by atoms with Gasteiger partial charge >= 0.3 is 5.97 Å². The van der Waals surface area contributed by atoms with Gasteiger partial charge in [-0.15, -0.1) is 23.1 Å². The van der Waals surface area contributed by atoms with Gasteiger partial charge in [0.25, 0.3) is 0 Å². The molecule has 0 fully saturated rings. The number of hydrogen-bond donors (Lipinski definition) is 1. The number of thioether (sulfide) groups is 1. The summed E-state index contributed by atoms with van der Waals surface area (Å²) in [6, 6.07) is 23.7. The average Bonchev–Trinajstić information content (AvgIpc) is 3.38. The average molecular weight is 598 g/mol. The zero-order valence-electron chi connectivity index (χ0n) is 23.5. The van der Waals surface area contributed by atoms with Crippen LogP contribution >= 0.6 is 23.1 Å². The van der Waals surface area contributed by atoms with Crippen molar-refractivity contribution < 1.29 is 19.1 Å². The maximum atomic E-state index is 13.1. The number of anilines is 1. The topological polar surface area (TPSA) is 101 Å². The standard InChI is InChI=1S/C33H31N3O4S2/c1-3-40-33(38)30-26-15-11-23(21-7-5-4-6-8-21)19-28(26)42-32(30)36-29(37)17-18-41-31-24(20-34)12-16-27(35-31)22-9-13-25(39-2)14-10-22/h4-10,12-14,16,23H,3,11,15,17-19H2,1-2H3,(H,36,37). The molecule has 2 aromatic carbocycles. The SMILES string of the molecule is CCOC(=O)c1c(NC(=O)CCSc2nc(-c3ccc(OC)cc3)ccc2C#N)sc2c1CCC(c1ccccc1)C2. The number of carbonyl (C=O) groups excluding carboxylic acids is 2. The van der Waals surface area contributed by atoms with Gasteiger partial charge in [-0.25, -0.2) is 9.78 Å². The van der Waals surface area contributed by atoms with Crippen LogP contribution in [0, 0.1) is 11.3 Å². The lowest BCUT2D eigenvalue weighted by Crippen LogP contribution is -2.17. The summed E-state index contributed by atoms with van der Waals surface area (Å²) in [5.74, 6) is 0.965. The highest BCUT2D eigenvalue weighted by Crippen LogP contribution is 2.43. The van der Waals surface area contributed by atoms with Crippen molar-refractivity contribution in [1.29, 1.82) is 5.26 Å². The van der Waals surface area contributed by atoms with Crippen LogP contribution in [0.4, 0.5) is 5.00 Å². The van der Waals surface area contributed by atoms with Crippen LogP contribution in [0.25, 0.3) is 11.3 Å². The normalized spacial score (nSPS) is 14.0. The number of carbonyl (C=O) groups is 2. The third-order valence-electron chi connectivity index (χ3n) is 7.20. The lowest BCUT2D eigenvalue weighted by atomic mass is 9.83. The number of nitriles is 1. The molecule has 1 amide bonds. The van der Waals surface area contributed by atoms with Crippen molar-refractivity contribution in [2.24, 2.45) is 0 Å². The third-order valence-corrected chi connectivity index (χ3v) is 9.37. The van der Waals surface area contributed by atoms with E-state index >= 15 is 0 Å². The molecule has 7 nitrogen and oxygen atoms in total. The van der Waals surface area contributed by atoms with Crippen molar-refractivity contribution in [2.45, 2.75) is 43.6 Å². The van der Waals surface area contributed by atoms with Gasteiger partial charge in [-0.3, -0.25) is 4.79 Å². The van der Waals surface area contributed by atoms with Gasteiger partial charge in [0.15, 0.2) is 0 Å². The molecular formula is C33H31N3O4S2. The molecule has 9 heteroatoms. The number of aromatic nitrogens is 1. The number of nitrogens with zero attached hydrogens (tertiary/aromatic N) is 2. The maximum absolute atomic E-state index is 13.1. The summed E-state index contributed by atoms with van der Waals surface area (Å²) >= 11 is 2.84. The Labute approximate surface area is 253 Å². The fraction of sp³-hybridized carbons (Fsp3) is 0.273. The Hall–Kier alpha value is -4.13. The van der Waals surface area contributed by atoms with Crippen molar-refractivity contribution in [2.75, 3.05) is 24.8 Å². The maximum Gasteiger partial charge on any atom is 0.341 e. The Balaban J connectivity index is 1.27. The zero-order chi connectivity index (χ0) is 29.5. The minimum absolute atomic E-state index is 0.196. The van der Waals surface area contributed by atoms with Crippen LogP contribution < -0.4 is 10.1 Å². The van der Waals surface area contributed by atoms with Crippen LogP contribution in [0.1, 0.15) is 57.6 Å². The van der Waals surface area contributed by atoms with Gasteiger partial charge in [-0.05, 0) is 79.6 Å². The van der Waals surface area contributed by atoms with Crippen molar-refractivity contribution >= 4 is 40.0 Å². The molecule has 0 bridgehead atoms. The van der Waals surface area contributed by atoms with Gasteiger partial charge < -0.3 is 14.8 Å². The van der Waals surface area contributed by atoms with Gasteiger partial charge in [0.2, 0.25) is 5.91 Å². The minimum Gasteiger partial charge on any atom is -0.497 e. The second-order valence-corrected chi connectivity index (χ2v) is 12.0. The molecule has 42 heavy (non-hydrogen) atoms. The van der Waals surface area contributed by atoms with Crippen LogP contribution in [0.2, 0.25) is 0 Å². The van der Waals surface area contributed by atoms with Crippen molar-refractivity contribution in [3.05, 3.63) is 93.9 Å². The van der Waals surface area contributed by atoms with E-state index in [0.29, 0.717) is 32.8 Å². The number of rotatable bonds is 10. The Bertz CT molecular complexity index is 1610. The number of amides is 1. The molecule has 1 aliphatic rings. The first-order valence-corrected chi connectivity index (χ1v) is 15.7. The molecule has 0 radical (unpaired) electrons. The lowest BCUT2D eigenvalue weighted by Gasteiger charge is -2.23. The molecule has 0 spiro atoms. The highest BCUT2D eigenvalue weighted by molar-refractivity contribution is 7.99. The Morgan fingerprint density at radius 3 is 2.62 bits per heavy atom. The summed E-state index contributed by atoms with van der Waals surface area (Å²) in [4.78, 5) is 31.9. The number of methoxy groups -OCH3 is 1. The van der Waals surface area contributed by atoms with E-state index in [1.165, 1.54) is 28.7 Å². The molecule has 1 N–H and O–H groups in total. The molecule has 0 saturated carbocycles. The molecule has 1 atom stereocenters. The predicted octanol–water partition coefficient (Wildman–Crippen LogP) is 7.26. The van der Waals surface area contributed by atoms with E-state index < -0.39 is 5.97 Å². The monoisotopic (exact) mass is 597 g/mol.